The van der Waals surface area contributed by atoms with E-state index in [1.807, 2.05) is 0 Å². The quantitative estimate of drug-likeness (QED) is 0.484. The molecule has 1 saturated heterocycles. The highest BCUT2D eigenvalue weighted by Gasteiger charge is 1.92. The van der Waals surface area contributed by atoms with Crippen molar-refractivity contribution in [3.8, 4) is 0 Å². The maximum Gasteiger partial charge on any atom is -0.00368 e. The normalized spacial score (nSPS) is 16.0. The van der Waals surface area contributed by atoms with Crippen molar-refractivity contribution in [1.29, 1.82) is 0 Å². The Kier molecular flexibility index (Phi) is 8.19. The van der Waals surface area contributed by atoms with Gasteiger partial charge in [0.2, 0.25) is 0 Å². The lowest BCUT2D eigenvalue weighted by atomic mass is 10.3. The van der Waals surface area contributed by atoms with Crippen LogP contribution in [0.25, 0.3) is 0 Å². The Labute approximate surface area is 42.9 Å². The maximum atomic E-state index is 3.11. The van der Waals surface area contributed by atoms with Crippen LogP contribution in [0.5, 0.6) is 0 Å². The number of nitrogens with one attached hydrogen (secondary N) is 1. The van der Waals surface area contributed by atoms with Gasteiger partial charge in [-0.1, -0.05) is 0 Å². The number of hydrogen-bond acceptors (Lipinski definition) is 1. The predicted octanol–water partition coefficient (Wildman–Crippen LogP) is 0.554. The molecule has 0 aliphatic carbocycles. The molecule has 1 heterocycles. The van der Waals surface area contributed by atoms with Crippen LogP contribution in [0.3, 0.4) is 0 Å². The average Bonchev–Trinajstić information content (AvgIpc) is 0.722. The van der Waals surface area contributed by atoms with Crippen molar-refractivity contribution in [1.82, 2.24) is 5.32 Å². The average molecular weight is 114 g/mol. The second-order valence-electron chi connectivity index (χ2n) is 1.10. The van der Waals surface area contributed by atoms with E-state index in [9.17, 15) is 0 Å². The summed E-state index contributed by atoms with van der Waals surface area (Å²) in [5.41, 5.74) is 0. The molecule has 1 aliphatic rings. The summed E-state index contributed by atoms with van der Waals surface area (Å²) < 4.78 is 0. The van der Waals surface area contributed by atoms with E-state index in [4.69, 9.17) is 0 Å². The lowest BCUT2D eigenvalue weighted by Crippen LogP contribution is -2.29. The van der Waals surface area contributed by atoms with E-state index in [0.717, 1.165) is 0 Å². The molecule has 1 N–H and O–H groups in total. The highest BCUT2D eigenvalue weighted by atomic mass is 35.5. The third kappa shape index (κ3) is 2.42. The van der Waals surface area contributed by atoms with Crippen molar-refractivity contribution in [2.75, 3.05) is 13.1 Å². The summed E-state index contributed by atoms with van der Waals surface area (Å²) in [7, 11) is 0. The second-order valence-corrected chi connectivity index (χ2v) is 1.10. The van der Waals surface area contributed by atoms with Crippen LogP contribution in [0.15, 0.2) is 0 Å². The third-order valence-corrected chi connectivity index (χ3v) is 0.707. The van der Waals surface area contributed by atoms with Crippen LogP contribution in [0.4, 0.5) is 4.70 Å². The van der Waals surface area contributed by atoms with Crippen molar-refractivity contribution in [3.05, 3.63) is 0 Å². The van der Waals surface area contributed by atoms with Crippen molar-refractivity contribution in [2.24, 2.45) is 0 Å². The van der Waals surface area contributed by atoms with Gasteiger partial charge in [0.05, 0.1) is 0 Å². The summed E-state index contributed by atoms with van der Waals surface area (Å²) in [5.74, 6) is 0. The fourth-order valence-corrected chi connectivity index (χ4v) is 0.177. The molecule has 1 nitrogen and oxygen atoms in total. The first kappa shape index (κ1) is 9.49. The number of rotatable bonds is 0. The van der Waals surface area contributed by atoms with Crippen LogP contribution in [-0.2, 0) is 0 Å². The van der Waals surface area contributed by atoms with Gasteiger partial charge in [0.15, 0.2) is 0 Å². The molecule has 0 radical (unpaired) electrons. The zero-order chi connectivity index (χ0) is 2.83. The van der Waals surface area contributed by atoms with Crippen LogP contribution < -0.4 is 5.32 Å². The first-order valence-electron chi connectivity index (χ1n) is 1.71. The second kappa shape index (κ2) is 5.18. The zero-order valence-electron chi connectivity index (χ0n) is 3.44. The largest absolute Gasteiger partial charge is 0.317 e. The molecular formula is C3H9ClFN. The van der Waals surface area contributed by atoms with Gasteiger partial charge in [-0.3, -0.25) is 4.70 Å². The lowest BCUT2D eigenvalue weighted by Gasteiger charge is -2.09. The molecule has 0 aromatic heterocycles. The SMILES string of the molecule is C1CNC1.Cl.F. The molecule has 0 unspecified atom stereocenters. The summed E-state index contributed by atoms with van der Waals surface area (Å²) in [6.07, 6.45) is 1.39. The van der Waals surface area contributed by atoms with Gasteiger partial charge in [0, 0.05) is 0 Å². The summed E-state index contributed by atoms with van der Waals surface area (Å²) in [5, 5.41) is 3.11. The maximum absolute atomic E-state index is 3.11. The third-order valence-electron chi connectivity index (χ3n) is 0.707. The Morgan fingerprint density at radius 1 is 1.17 bits per heavy atom. The first-order valence-corrected chi connectivity index (χ1v) is 1.71. The molecule has 0 atom stereocenters. The Bertz CT molecular complexity index is 18.8. The van der Waals surface area contributed by atoms with Crippen LogP contribution >= 0.6 is 12.4 Å². The van der Waals surface area contributed by atoms with E-state index in [0.29, 0.717) is 0 Å². The molecule has 3 heteroatoms. The predicted molar refractivity (Wildman–Crippen MR) is 27.2 cm³/mol. The van der Waals surface area contributed by atoms with Gasteiger partial charge >= 0.3 is 0 Å². The summed E-state index contributed by atoms with van der Waals surface area (Å²) in [6, 6.07) is 0. The van der Waals surface area contributed by atoms with E-state index in [-0.39, 0.29) is 17.1 Å². The van der Waals surface area contributed by atoms with E-state index < -0.39 is 0 Å². The van der Waals surface area contributed by atoms with Crippen LogP contribution in [0.2, 0.25) is 0 Å². The van der Waals surface area contributed by atoms with Gasteiger partial charge in [0.25, 0.3) is 0 Å². The van der Waals surface area contributed by atoms with E-state index in [1.165, 1.54) is 19.5 Å². The van der Waals surface area contributed by atoms with Crippen molar-refractivity contribution < 1.29 is 4.70 Å². The molecule has 6 heavy (non-hydrogen) atoms. The van der Waals surface area contributed by atoms with E-state index in [2.05, 4.69) is 5.32 Å². The fraction of sp³-hybridized carbons (Fsp3) is 1.00. The molecule has 0 saturated carbocycles. The minimum absolute atomic E-state index is 0. The molecule has 40 valence electrons. The highest BCUT2D eigenvalue weighted by Crippen LogP contribution is 1.80. The Balaban J connectivity index is 0. The molecule has 1 rings (SSSR count). The summed E-state index contributed by atoms with van der Waals surface area (Å²) in [4.78, 5) is 0. The minimum atomic E-state index is 0. The van der Waals surface area contributed by atoms with Gasteiger partial charge in [-0.05, 0) is 19.5 Å². The molecule has 0 aromatic rings. The van der Waals surface area contributed by atoms with Crippen LogP contribution in [0.1, 0.15) is 6.42 Å². The Morgan fingerprint density at radius 2 is 1.33 bits per heavy atom. The smallest absolute Gasteiger partial charge is 0.00368 e. The van der Waals surface area contributed by atoms with E-state index >= 15 is 0 Å². The number of halogens is 2. The molecular weight excluding hydrogens is 104 g/mol. The van der Waals surface area contributed by atoms with Gasteiger partial charge in [-0.25, -0.2) is 0 Å². The molecule has 1 aliphatic heterocycles. The molecule has 1 fully saturated rings. The van der Waals surface area contributed by atoms with Gasteiger partial charge in [0.1, 0.15) is 0 Å². The fourth-order valence-electron chi connectivity index (χ4n) is 0.177. The minimum Gasteiger partial charge on any atom is -0.317 e. The van der Waals surface area contributed by atoms with Gasteiger partial charge in [-0.2, -0.15) is 0 Å². The van der Waals surface area contributed by atoms with Gasteiger partial charge < -0.3 is 5.32 Å². The van der Waals surface area contributed by atoms with Crippen molar-refractivity contribution >= 4 is 12.4 Å². The van der Waals surface area contributed by atoms with Crippen molar-refractivity contribution in [2.45, 2.75) is 6.42 Å². The zero-order valence-corrected chi connectivity index (χ0v) is 4.25. The van der Waals surface area contributed by atoms with E-state index in [1.54, 1.807) is 0 Å². The Hall–Kier alpha value is 0.180. The first-order chi connectivity index (χ1) is 2.00. The molecule has 0 spiro atoms. The molecule has 0 aromatic carbocycles. The Morgan fingerprint density at radius 3 is 1.33 bits per heavy atom. The highest BCUT2D eigenvalue weighted by molar-refractivity contribution is 5.85. The standard InChI is InChI=1S/C3H7N.ClH.FH/c1-2-4-3-1;;/h4H,1-3H2;2*1H. The summed E-state index contributed by atoms with van der Waals surface area (Å²) >= 11 is 0. The van der Waals surface area contributed by atoms with Crippen molar-refractivity contribution in [3.63, 3.8) is 0 Å². The lowest BCUT2D eigenvalue weighted by molar-refractivity contribution is 0.527. The topological polar surface area (TPSA) is 12.0 Å². The monoisotopic (exact) mass is 113 g/mol. The van der Waals surface area contributed by atoms with Crippen LogP contribution in [0, 0.1) is 0 Å². The summed E-state index contributed by atoms with van der Waals surface area (Å²) in [6.45, 7) is 2.50. The molecule has 0 bridgehead atoms. The number of hydrogen-bond donors (Lipinski definition) is 1. The van der Waals surface area contributed by atoms with Gasteiger partial charge in [-0.15, -0.1) is 12.4 Å². The van der Waals surface area contributed by atoms with Crippen LogP contribution in [-0.4, -0.2) is 13.1 Å². The molecule has 0 amide bonds.